The first-order valence-corrected chi connectivity index (χ1v) is 9.28. The van der Waals surface area contributed by atoms with Crippen LogP contribution < -0.4 is 16.3 Å². The van der Waals surface area contributed by atoms with Gasteiger partial charge in [0.15, 0.2) is 0 Å². The smallest absolute Gasteiger partial charge is 0.349 e. The maximum atomic E-state index is 12.4. The summed E-state index contributed by atoms with van der Waals surface area (Å²) >= 11 is 0. The molecule has 1 aromatic rings. The second kappa shape index (κ2) is 7.97. The molecular weight excluding hydrogens is 304 g/mol. The summed E-state index contributed by atoms with van der Waals surface area (Å²) in [6.45, 7) is 4.30. The fourth-order valence-corrected chi connectivity index (χ4v) is 3.98. The van der Waals surface area contributed by atoms with Gasteiger partial charge in [-0.2, -0.15) is 0 Å². The number of rotatable bonds is 5. The van der Waals surface area contributed by atoms with Gasteiger partial charge in [0.05, 0.1) is 0 Å². The Morgan fingerprint density at radius 1 is 1.29 bits per heavy atom. The molecule has 1 aliphatic heterocycles. The maximum absolute atomic E-state index is 12.4. The molecule has 5 heteroatoms. The van der Waals surface area contributed by atoms with Crippen molar-refractivity contribution in [3.8, 4) is 0 Å². The molecule has 1 unspecified atom stereocenters. The topological polar surface area (TPSA) is 71.3 Å². The first-order chi connectivity index (χ1) is 11.6. The van der Waals surface area contributed by atoms with Crippen LogP contribution in [0.5, 0.6) is 0 Å². The van der Waals surface area contributed by atoms with Gasteiger partial charge in [0, 0.05) is 19.0 Å². The van der Waals surface area contributed by atoms with Crippen LogP contribution in [0.4, 0.5) is 0 Å². The molecule has 1 amide bonds. The van der Waals surface area contributed by atoms with Crippen LogP contribution in [0.2, 0.25) is 0 Å². The lowest BCUT2D eigenvalue weighted by Gasteiger charge is -2.22. The molecule has 2 heterocycles. The third-order valence-electron chi connectivity index (χ3n) is 5.41. The van der Waals surface area contributed by atoms with Crippen LogP contribution >= 0.6 is 0 Å². The molecule has 1 aromatic heterocycles. The van der Waals surface area contributed by atoms with E-state index in [1.165, 1.54) is 25.7 Å². The zero-order valence-corrected chi connectivity index (χ0v) is 14.5. The van der Waals surface area contributed by atoms with Gasteiger partial charge in [0.25, 0.3) is 5.91 Å². The molecule has 0 spiro atoms. The molecule has 0 radical (unpaired) electrons. The van der Waals surface area contributed by atoms with Crippen molar-refractivity contribution in [3.63, 3.8) is 0 Å². The summed E-state index contributed by atoms with van der Waals surface area (Å²) in [5.41, 5.74) is 0.369. The molecule has 3 rings (SSSR count). The largest absolute Gasteiger partial charge is 0.427 e. The van der Waals surface area contributed by atoms with E-state index in [0.717, 1.165) is 38.3 Å². The first kappa shape index (κ1) is 17.2. The van der Waals surface area contributed by atoms with Gasteiger partial charge in [-0.1, -0.05) is 25.7 Å². The van der Waals surface area contributed by atoms with Crippen molar-refractivity contribution >= 4 is 5.91 Å². The monoisotopic (exact) mass is 332 g/mol. The van der Waals surface area contributed by atoms with Gasteiger partial charge in [-0.15, -0.1) is 0 Å². The third kappa shape index (κ3) is 4.07. The average Bonchev–Trinajstić information content (AvgIpc) is 3.08. The van der Waals surface area contributed by atoms with E-state index < -0.39 is 5.63 Å². The van der Waals surface area contributed by atoms with Crippen LogP contribution in [0.15, 0.2) is 15.3 Å². The van der Waals surface area contributed by atoms with E-state index in [-0.39, 0.29) is 17.4 Å². The number of carbonyl (C=O) groups excluding carboxylic acids is 1. The predicted octanol–water partition coefficient (Wildman–Crippen LogP) is 2.73. The summed E-state index contributed by atoms with van der Waals surface area (Å²) in [6, 6.07) is 1.87. The lowest BCUT2D eigenvalue weighted by atomic mass is 9.95. The maximum Gasteiger partial charge on any atom is 0.349 e. The quantitative estimate of drug-likeness (QED) is 0.870. The first-order valence-electron chi connectivity index (χ1n) is 9.28. The zero-order valence-electron chi connectivity index (χ0n) is 14.5. The van der Waals surface area contributed by atoms with Gasteiger partial charge in [-0.25, -0.2) is 4.79 Å². The van der Waals surface area contributed by atoms with Gasteiger partial charge in [0.1, 0.15) is 11.3 Å². The Morgan fingerprint density at radius 3 is 2.75 bits per heavy atom. The normalized spacial score (nSPS) is 21.8. The van der Waals surface area contributed by atoms with Gasteiger partial charge < -0.3 is 15.1 Å². The van der Waals surface area contributed by atoms with Crippen molar-refractivity contribution in [3.05, 3.63) is 33.4 Å². The Morgan fingerprint density at radius 2 is 2.08 bits per heavy atom. The molecule has 5 nitrogen and oxygen atoms in total. The minimum Gasteiger partial charge on any atom is -0.427 e. The second-order valence-corrected chi connectivity index (χ2v) is 7.23. The van der Waals surface area contributed by atoms with Crippen molar-refractivity contribution in [1.82, 2.24) is 10.6 Å². The third-order valence-corrected chi connectivity index (χ3v) is 5.41. The van der Waals surface area contributed by atoms with E-state index >= 15 is 0 Å². The highest BCUT2D eigenvalue weighted by molar-refractivity contribution is 5.95. The van der Waals surface area contributed by atoms with Crippen LogP contribution in [0.25, 0.3) is 0 Å². The lowest BCUT2D eigenvalue weighted by molar-refractivity contribution is 0.0946. The number of aryl methyl sites for hydroxylation is 1. The van der Waals surface area contributed by atoms with E-state index in [4.69, 9.17) is 4.42 Å². The van der Waals surface area contributed by atoms with E-state index in [0.29, 0.717) is 17.9 Å². The van der Waals surface area contributed by atoms with Crippen LogP contribution in [-0.2, 0) is 0 Å². The van der Waals surface area contributed by atoms with Crippen molar-refractivity contribution in [2.45, 2.75) is 57.8 Å². The standard InChI is InChI=1S/C19H28N2O3/c1-13-11-16(15-7-4-9-20-12-15)24-19(23)17(13)18(22)21-10-8-14-5-2-3-6-14/h11,14-15,20H,2-10,12H2,1H3,(H,21,22). The van der Waals surface area contributed by atoms with Crippen LogP contribution in [0.1, 0.15) is 72.5 Å². The molecule has 1 atom stereocenters. The highest BCUT2D eigenvalue weighted by atomic mass is 16.4. The van der Waals surface area contributed by atoms with Crippen molar-refractivity contribution in [2.75, 3.05) is 19.6 Å². The minimum atomic E-state index is -0.506. The number of amides is 1. The highest BCUT2D eigenvalue weighted by Gasteiger charge is 2.22. The Balaban J connectivity index is 1.63. The summed E-state index contributed by atoms with van der Waals surface area (Å²) < 4.78 is 5.47. The molecule has 2 N–H and O–H groups in total. The molecular formula is C19H28N2O3. The Hall–Kier alpha value is -1.62. The molecule has 24 heavy (non-hydrogen) atoms. The molecule has 1 saturated heterocycles. The Bertz CT molecular complexity index is 626. The summed E-state index contributed by atoms with van der Waals surface area (Å²) in [6.07, 6.45) is 8.24. The molecule has 1 aliphatic carbocycles. The van der Waals surface area contributed by atoms with Crippen LogP contribution in [0.3, 0.4) is 0 Å². The van der Waals surface area contributed by atoms with Crippen LogP contribution in [0, 0.1) is 12.8 Å². The van der Waals surface area contributed by atoms with E-state index in [9.17, 15) is 9.59 Å². The molecule has 2 aliphatic rings. The molecule has 132 valence electrons. The van der Waals surface area contributed by atoms with Crippen LogP contribution in [-0.4, -0.2) is 25.5 Å². The van der Waals surface area contributed by atoms with Crippen molar-refractivity contribution < 1.29 is 9.21 Å². The number of nitrogens with one attached hydrogen (secondary N) is 2. The Kier molecular flexibility index (Phi) is 5.72. The van der Waals surface area contributed by atoms with E-state index in [1.807, 2.05) is 13.0 Å². The van der Waals surface area contributed by atoms with Gasteiger partial charge in [-0.05, 0) is 50.3 Å². The zero-order chi connectivity index (χ0) is 16.9. The second-order valence-electron chi connectivity index (χ2n) is 7.23. The highest BCUT2D eigenvalue weighted by Crippen LogP contribution is 2.27. The summed E-state index contributed by atoms with van der Waals surface area (Å²) in [4.78, 5) is 24.7. The lowest BCUT2D eigenvalue weighted by Crippen LogP contribution is -2.32. The van der Waals surface area contributed by atoms with Crippen molar-refractivity contribution in [1.29, 1.82) is 0 Å². The van der Waals surface area contributed by atoms with E-state index in [1.54, 1.807) is 0 Å². The number of hydrogen-bond donors (Lipinski definition) is 2. The SMILES string of the molecule is Cc1cc(C2CCCNC2)oc(=O)c1C(=O)NCCC1CCCC1. The van der Waals surface area contributed by atoms with Gasteiger partial charge in [-0.3, -0.25) is 4.79 Å². The number of hydrogen-bond acceptors (Lipinski definition) is 4. The minimum absolute atomic E-state index is 0.161. The molecule has 0 aromatic carbocycles. The molecule has 2 fully saturated rings. The van der Waals surface area contributed by atoms with Crippen molar-refractivity contribution in [2.24, 2.45) is 5.92 Å². The van der Waals surface area contributed by atoms with Gasteiger partial charge in [0.2, 0.25) is 0 Å². The number of carbonyl (C=O) groups is 1. The predicted molar refractivity (Wildman–Crippen MR) is 93.5 cm³/mol. The summed E-state index contributed by atoms with van der Waals surface area (Å²) in [5.74, 6) is 1.35. The van der Waals surface area contributed by atoms with E-state index in [2.05, 4.69) is 10.6 Å². The Labute approximate surface area is 143 Å². The fraction of sp³-hybridized carbons (Fsp3) is 0.684. The summed E-state index contributed by atoms with van der Waals surface area (Å²) in [7, 11) is 0. The average molecular weight is 332 g/mol. The molecule has 0 bridgehead atoms. The molecule has 1 saturated carbocycles. The summed E-state index contributed by atoms with van der Waals surface area (Å²) in [5, 5.41) is 6.22. The fourth-order valence-electron chi connectivity index (χ4n) is 3.98. The van der Waals surface area contributed by atoms with Gasteiger partial charge >= 0.3 is 5.63 Å². The number of piperidine rings is 1.